The molecule has 3 aromatic rings. The summed E-state index contributed by atoms with van der Waals surface area (Å²) < 4.78 is 3.99. The normalized spacial score (nSPS) is 12.9. The van der Waals surface area contributed by atoms with E-state index in [-0.39, 0.29) is 6.04 Å². The summed E-state index contributed by atoms with van der Waals surface area (Å²) in [7, 11) is 1.91. The van der Waals surface area contributed by atoms with Crippen LogP contribution in [-0.4, -0.2) is 25.4 Å². The lowest BCUT2D eigenvalue weighted by Gasteiger charge is -2.07. The SMILES string of the molecule is CC(N)Cc1ccc2c(ccn2Cc2ncnn2C)c1. The Balaban J connectivity index is 1.92. The summed E-state index contributed by atoms with van der Waals surface area (Å²) in [5.74, 6) is 0.946. The molecule has 0 saturated heterocycles. The molecule has 20 heavy (non-hydrogen) atoms. The number of aryl methyl sites for hydroxylation is 1. The molecule has 0 spiro atoms. The molecule has 104 valence electrons. The van der Waals surface area contributed by atoms with E-state index in [1.807, 2.05) is 14.0 Å². The third kappa shape index (κ3) is 2.44. The van der Waals surface area contributed by atoms with Gasteiger partial charge in [-0.2, -0.15) is 5.10 Å². The molecule has 0 amide bonds. The Morgan fingerprint density at radius 2 is 2.15 bits per heavy atom. The van der Waals surface area contributed by atoms with Crippen molar-refractivity contribution in [2.75, 3.05) is 0 Å². The van der Waals surface area contributed by atoms with E-state index in [0.717, 1.165) is 18.8 Å². The number of benzene rings is 1. The van der Waals surface area contributed by atoms with Crippen LogP contribution in [0.4, 0.5) is 0 Å². The lowest BCUT2D eigenvalue weighted by molar-refractivity contribution is 0.664. The lowest BCUT2D eigenvalue weighted by atomic mass is 10.1. The summed E-state index contributed by atoms with van der Waals surface area (Å²) in [6.07, 6.45) is 4.58. The molecule has 5 heteroatoms. The van der Waals surface area contributed by atoms with E-state index in [1.54, 1.807) is 11.0 Å². The molecule has 1 unspecified atom stereocenters. The van der Waals surface area contributed by atoms with Crippen molar-refractivity contribution in [3.8, 4) is 0 Å². The topological polar surface area (TPSA) is 61.7 Å². The zero-order valence-electron chi connectivity index (χ0n) is 11.8. The van der Waals surface area contributed by atoms with Crippen molar-refractivity contribution in [2.24, 2.45) is 12.8 Å². The third-order valence-corrected chi connectivity index (χ3v) is 3.51. The Labute approximate surface area is 118 Å². The second kappa shape index (κ2) is 5.09. The fourth-order valence-electron chi connectivity index (χ4n) is 2.50. The van der Waals surface area contributed by atoms with Crippen molar-refractivity contribution in [1.29, 1.82) is 0 Å². The van der Waals surface area contributed by atoms with E-state index in [9.17, 15) is 0 Å². The van der Waals surface area contributed by atoms with Crippen molar-refractivity contribution in [3.63, 3.8) is 0 Å². The lowest BCUT2D eigenvalue weighted by Crippen LogP contribution is -2.17. The Hall–Kier alpha value is -2.14. The van der Waals surface area contributed by atoms with Gasteiger partial charge in [0.1, 0.15) is 12.2 Å². The van der Waals surface area contributed by atoms with Gasteiger partial charge in [-0.15, -0.1) is 0 Å². The van der Waals surface area contributed by atoms with E-state index in [0.29, 0.717) is 0 Å². The summed E-state index contributed by atoms with van der Waals surface area (Å²) in [5.41, 5.74) is 8.35. The molecule has 0 fully saturated rings. The van der Waals surface area contributed by atoms with Gasteiger partial charge in [-0.3, -0.25) is 4.68 Å². The van der Waals surface area contributed by atoms with Crippen LogP contribution in [0.2, 0.25) is 0 Å². The fraction of sp³-hybridized carbons (Fsp3) is 0.333. The van der Waals surface area contributed by atoms with E-state index < -0.39 is 0 Å². The van der Waals surface area contributed by atoms with E-state index in [1.165, 1.54) is 16.5 Å². The summed E-state index contributed by atoms with van der Waals surface area (Å²) >= 11 is 0. The van der Waals surface area contributed by atoms with Crippen LogP contribution in [0.1, 0.15) is 18.3 Å². The van der Waals surface area contributed by atoms with Crippen LogP contribution in [0.15, 0.2) is 36.8 Å². The monoisotopic (exact) mass is 269 g/mol. The van der Waals surface area contributed by atoms with E-state index >= 15 is 0 Å². The zero-order chi connectivity index (χ0) is 14.1. The Kier molecular flexibility index (Phi) is 3.28. The summed E-state index contributed by atoms with van der Waals surface area (Å²) in [5, 5.41) is 5.34. The van der Waals surface area contributed by atoms with Crippen molar-refractivity contribution in [2.45, 2.75) is 25.9 Å². The predicted molar refractivity (Wildman–Crippen MR) is 79.4 cm³/mol. The molecule has 5 nitrogen and oxygen atoms in total. The fourth-order valence-corrected chi connectivity index (χ4v) is 2.50. The number of fused-ring (bicyclic) bond motifs is 1. The molecule has 1 aromatic carbocycles. The molecule has 2 aromatic heterocycles. The third-order valence-electron chi connectivity index (χ3n) is 3.51. The molecule has 0 aliphatic carbocycles. The predicted octanol–water partition coefficient (Wildman–Crippen LogP) is 1.71. The minimum atomic E-state index is 0.188. The first kappa shape index (κ1) is 12.9. The highest BCUT2D eigenvalue weighted by Crippen LogP contribution is 2.19. The first-order valence-electron chi connectivity index (χ1n) is 6.79. The Morgan fingerprint density at radius 3 is 2.85 bits per heavy atom. The summed E-state index contributed by atoms with van der Waals surface area (Å²) in [4.78, 5) is 4.27. The summed E-state index contributed by atoms with van der Waals surface area (Å²) in [6, 6.07) is 8.85. The van der Waals surface area contributed by atoms with E-state index in [2.05, 4.69) is 45.1 Å². The number of hydrogen-bond acceptors (Lipinski definition) is 3. The van der Waals surface area contributed by atoms with Gasteiger partial charge in [0.25, 0.3) is 0 Å². The van der Waals surface area contributed by atoms with Crippen molar-refractivity contribution >= 4 is 10.9 Å². The Bertz CT molecular complexity index is 723. The van der Waals surface area contributed by atoms with Gasteiger partial charge in [0.15, 0.2) is 0 Å². The molecule has 1 atom stereocenters. The number of nitrogens with zero attached hydrogens (tertiary/aromatic N) is 4. The largest absolute Gasteiger partial charge is 0.340 e. The maximum Gasteiger partial charge on any atom is 0.146 e. The molecule has 2 heterocycles. The van der Waals surface area contributed by atoms with Gasteiger partial charge in [-0.1, -0.05) is 6.07 Å². The molecular weight excluding hydrogens is 250 g/mol. The van der Waals surface area contributed by atoms with Gasteiger partial charge < -0.3 is 10.3 Å². The van der Waals surface area contributed by atoms with Gasteiger partial charge in [0.05, 0.1) is 6.54 Å². The standard InChI is InChI=1S/C15H19N5/c1-11(16)7-12-3-4-14-13(8-12)5-6-20(14)9-15-17-10-18-19(15)2/h3-6,8,10-11H,7,9,16H2,1-2H3. The quantitative estimate of drug-likeness (QED) is 0.784. The molecule has 0 bridgehead atoms. The Morgan fingerprint density at radius 1 is 1.30 bits per heavy atom. The van der Waals surface area contributed by atoms with Crippen LogP contribution in [0.5, 0.6) is 0 Å². The van der Waals surface area contributed by atoms with Crippen molar-refractivity contribution in [3.05, 3.63) is 48.2 Å². The first-order valence-corrected chi connectivity index (χ1v) is 6.79. The van der Waals surface area contributed by atoms with E-state index in [4.69, 9.17) is 5.73 Å². The maximum atomic E-state index is 5.86. The first-order chi connectivity index (χ1) is 9.63. The average molecular weight is 269 g/mol. The van der Waals surface area contributed by atoms with Crippen molar-refractivity contribution in [1.82, 2.24) is 19.3 Å². The highest BCUT2D eigenvalue weighted by molar-refractivity contribution is 5.81. The number of nitrogens with two attached hydrogens (primary N) is 1. The second-order valence-corrected chi connectivity index (χ2v) is 5.32. The molecule has 3 rings (SSSR count). The summed E-state index contributed by atoms with van der Waals surface area (Å²) in [6.45, 7) is 2.76. The second-order valence-electron chi connectivity index (χ2n) is 5.32. The van der Waals surface area contributed by atoms with Crippen LogP contribution >= 0.6 is 0 Å². The maximum absolute atomic E-state index is 5.86. The van der Waals surface area contributed by atoms with Gasteiger partial charge in [-0.05, 0) is 42.5 Å². The minimum Gasteiger partial charge on any atom is -0.340 e. The molecule has 0 radical (unpaired) electrons. The number of aromatic nitrogens is 4. The molecule has 2 N–H and O–H groups in total. The molecule has 0 aliphatic heterocycles. The van der Waals surface area contributed by atoms with Gasteiger partial charge in [0, 0.05) is 24.8 Å². The van der Waals surface area contributed by atoms with Gasteiger partial charge in [0.2, 0.25) is 0 Å². The van der Waals surface area contributed by atoms with Crippen LogP contribution in [-0.2, 0) is 20.0 Å². The van der Waals surface area contributed by atoms with Crippen LogP contribution < -0.4 is 5.73 Å². The van der Waals surface area contributed by atoms with Gasteiger partial charge in [-0.25, -0.2) is 4.98 Å². The molecule has 0 saturated carbocycles. The highest BCUT2D eigenvalue weighted by atomic mass is 15.3. The smallest absolute Gasteiger partial charge is 0.146 e. The van der Waals surface area contributed by atoms with Gasteiger partial charge >= 0.3 is 0 Å². The van der Waals surface area contributed by atoms with Crippen LogP contribution in [0, 0.1) is 0 Å². The zero-order valence-corrected chi connectivity index (χ0v) is 11.8. The average Bonchev–Trinajstić information content (AvgIpc) is 2.97. The van der Waals surface area contributed by atoms with Crippen molar-refractivity contribution < 1.29 is 0 Å². The number of hydrogen-bond donors (Lipinski definition) is 1. The molecular formula is C15H19N5. The minimum absolute atomic E-state index is 0.188. The van der Waals surface area contributed by atoms with Crippen LogP contribution in [0.3, 0.4) is 0 Å². The van der Waals surface area contributed by atoms with Crippen LogP contribution in [0.25, 0.3) is 10.9 Å². The highest BCUT2D eigenvalue weighted by Gasteiger charge is 2.07. The number of rotatable bonds is 4. The molecule has 0 aliphatic rings.